The van der Waals surface area contributed by atoms with E-state index in [4.69, 9.17) is 4.42 Å². The van der Waals surface area contributed by atoms with Gasteiger partial charge in [-0.15, -0.1) is 0 Å². The van der Waals surface area contributed by atoms with Gasteiger partial charge in [0, 0.05) is 37.1 Å². The zero-order valence-electron chi connectivity index (χ0n) is 14.4. The summed E-state index contributed by atoms with van der Waals surface area (Å²) in [7, 11) is 0. The Bertz CT molecular complexity index is 913. The molecule has 1 amide bonds. The first kappa shape index (κ1) is 15.9. The predicted molar refractivity (Wildman–Crippen MR) is 98.7 cm³/mol. The molecule has 1 N–H and O–H groups in total. The van der Waals surface area contributed by atoms with Crippen molar-refractivity contribution in [2.45, 2.75) is 19.9 Å². The van der Waals surface area contributed by atoms with Crippen LogP contribution < -0.4 is 5.32 Å². The number of carbonyl (C=O) groups excluding carboxylic acids is 1. The van der Waals surface area contributed by atoms with Crippen LogP contribution in [-0.2, 0) is 13.0 Å². The lowest BCUT2D eigenvalue weighted by molar-refractivity contribution is 0.0947. The van der Waals surface area contributed by atoms with Gasteiger partial charge in [-0.2, -0.15) is 0 Å². The summed E-state index contributed by atoms with van der Waals surface area (Å²) in [5, 5.41) is 4.00. The van der Waals surface area contributed by atoms with E-state index in [1.807, 2.05) is 31.2 Å². The van der Waals surface area contributed by atoms with Crippen LogP contribution in [-0.4, -0.2) is 30.4 Å². The van der Waals surface area contributed by atoms with Crippen molar-refractivity contribution < 1.29 is 9.21 Å². The predicted octanol–water partition coefficient (Wildman–Crippen LogP) is 3.53. The van der Waals surface area contributed by atoms with Crippen LogP contribution in [0.3, 0.4) is 0 Å². The molecular weight excluding hydrogens is 312 g/mol. The SMILES string of the molecule is Cc1cc2cc(C(=O)NCCN3CCc4ccccc4C3)ccc2o1. The molecule has 4 rings (SSSR count). The maximum absolute atomic E-state index is 12.4. The van der Waals surface area contributed by atoms with Gasteiger partial charge in [0.15, 0.2) is 0 Å². The summed E-state index contributed by atoms with van der Waals surface area (Å²) in [5.74, 6) is 0.830. The number of benzene rings is 2. The highest BCUT2D eigenvalue weighted by Gasteiger charge is 2.15. The number of fused-ring (bicyclic) bond motifs is 2. The first-order chi connectivity index (χ1) is 12.2. The zero-order valence-corrected chi connectivity index (χ0v) is 14.4. The van der Waals surface area contributed by atoms with Gasteiger partial charge in [-0.05, 0) is 48.7 Å². The summed E-state index contributed by atoms with van der Waals surface area (Å²) in [6.07, 6.45) is 1.08. The van der Waals surface area contributed by atoms with Crippen LogP contribution in [0, 0.1) is 6.92 Å². The molecule has 0 bridgehead atoms. The first-order valence-corrected chi connectivity index (χ1v) is 8.76. The molecule has 25 heavy (non-hydrogen) atoms. The Kier molecular flexibility index (Phi) is 4.28. The van der Waals surface area contributed by atoms with E-state index in [0.29, 0.717) is 12.1 Å². The minimum Gasteiger partial charge on any atom is -0.461 e. The highest BCUT2D eigenvalue weighted by Crippen LogP contribution is 2.20. The van der Waals surface area contributed by atoms with Gasteiger partial charge in [-0.25, -0.2) is 0 Å². The number of rotatable bonds is 4. The third-order valence-electron chi connectivity index (χ3n) is 4.82. The monoisotopic (exact) mass is 334 g/mol. The number of amides is 1. The lowest BCUT2D eigenvalue weighted by Gasteiger charge is -2.28. The van der Waals surface area contributed by atoms with Crippen molar-refractivity contribution in [1.29, 1.82) is 0 Å². The van der Waals surface area contributed by atoms with Gasteiger partial charge < -0.3 is 9.73 Å². The highest BCUT2D eigenvalue weighted by atomic mass is 16.3. The molecule has 0 saturated carbocycles. The third-order valence-corrected chi connectivity index (χ3v) is 4.82. The fourth-order valence-electron chi connectivity index (χ4n) is 3.49. The molecule has 0 atom stereocenters. The van der Waals surface area contributed by atoms with Crippen LogP contribution in [0.2, 0.25) is 0 Å². The topological polar surface area (TPSA) is 45.5 Å². The Morgan fingerprint density at radius 3 is 2.88 bits per heavy atom. The molecular formula is C21H22N2O2. The molecule has 4 nitrogen and oxygen atoms in total. The maximum atomic E-state index is 12.4. The maximum Gasteiger partial charge on any atom is 0.251 e. The van der Waals surface area contributed by atoms with E-state index in [-0.39, 0.29) is 5.91 Å². The van der Waals surface area contributed by atoms with Crippen LogP contribution in [0.25, 0.3) is 11.0 Å². The fraction of sp³-hybridized carbons (Fsp3) is 0.286. The summed E-state index contributed by atoms with van der Waals surface area (Å²) < 4.78 is 5.55. The van der Waals surface area contributed by atoms with Gasteiger partial charge in [0.25, 0.3) is 5.91 Å². The second-order valence-corrected chi connectivity index (χ2v) is 6.66. The van der Waals surface area contributed by atoms with Crippen LogP contribution in [0.1, 0.15) is 27.2 Å². The van der Waals surface area contributed by atoms with E-state index in [0.717, 1.165) is 42.8 Å². The van der Waals surface area contributed by atoms with Gasteiger partial charge in [0.05, 0.1) is 0 Å². The van der Waals surface area contributed by atoms with Crippen molar-refractivity contribution in [3.63, 3.8) is 0 Å². The Balaban J connectivity index is 1.33. The third kappa shape index (κ3) is 3.44. The van der Waals surface area contributed by atoms with Gasteiger partial charge >= 0.3 is 0 Å². The van der Waals surface area contributed by atoms with Crippen molar-refractivity contribution in [3.05, 3.63) is 71.0 Å². The highest BCUT2D eigenvalue weighted by molar-refractivity contribution is 5.97. The molecule has 0 saturated heterocycles. The van der Waals surface area contributed by atoms with E-state index in [1.54, 1.807) is 0 Å². The molecule has 1 aliphatic heterocycles. The molecule has 2 heterocycles. The quantitative estimate of drug-likeness (QED) is 0.794. The molecule has 3 aromatic rings. The van der Waals surface area contributed by atoms with Gasteiger partial charge in [0.1, 0.15) is 11.3 Å². The first-order valence-electron chi connectivity index (χ1n) is 8.76. The van der Waals surface area contributed by atoms with Crippen LogP contribution in [0.4, 0.5) is 0 Å². The number of nitrogens with one attached hydrogen (secondary N) is 1. The number of hydrogen-bond acceptors (Lipinski definition) is 3. The normalized spacial score (nSPS) is 14.4. The standard InChI is InChI=1S/C21H22N2O2/c1-15-12-19-13-17(6-7-20(19)25-15)21(24)22-9-11-23-10-8-16-4-2-3-5-18(16)14-23/h2-7,12-13H,8-11,14H2,1H3,(H,22,24). The Morgan fingerprint density at radius 2 is 2.00 bits per heavy atom. The molecule has 1 aliphatic rings. The van der Waals surface area contributed by atoms with Crippen LogP contribution >= 0.6 is 0 Å². The number of aryl methyl sites for hydroxylation is 1. The minimum atomic E-state index is -0.0295. The fourth-order valence-corrected chi connectivity index (χ4v) is 3.49. The molecule has 2 aromatic carbocycles. The molecule has 0 aliphatic carbocycles. The summed E-state index contributed by atoms with van der Waals surface area (Å²) >= 11 is 0. The summed E-state index contributed by atoms with van der Waals surface area (Å²) in [5.41, 5.74) is 4.35. The lowest BCUT2D eigenvalue weighted by atomic mass is 10.00. The molecule has 4 heteroatoms. The van der Waals surface area contributed by atoms with Gasteiger partial charge in [-0.3, -0.25) is 9.69 Å². The van der Waals surface area contributed by atoms with Gasteiger partial charge in [0.2, 0.25) is 0 Å². The second-order valence-electron chi connectivity index (χ2n) is 6.66. The summed E-state index contributed by atoms with van der Waals surface area (Å²) in [6, 6.07) is 16.1. The molecule has 1 aromatic heterocycles. The number of nitrogens with zero attached hydrogens (tertiary/aromatic N) is 1. The van der Waals surface area contributed by atoms with Crippen LogP contribution in [0.5, 0.6) is 0 Å². The van der Waals surface area contributed by atoms with Crippen molar-refractivity contribution in [2.75, 3.05) is 19.6 Å². The van der Waals surface area contributed by atoms with E-state index >= 15 is 0 Å². The average Bonchev–Trinajstić information content (AvgIpc) is 3.00. The van der Waals surface area contributed by atoms with Crippen molar-refractivity contribution in [2.24, 2.45) is 0 Å². The summed E-state index contributed by atoms with van der Waals surface area (Å²) in [4.78, 5) is 14.8. The molecule has 128 valence electrons. The molecule has 0 unspecified atom stereocenters. The molecule has 0 spiro atoms. The molecule has 0 radical (unpaired) electrons. The minimum absolute atomic E-state index is 0.0295. The number of carbonyl (C=O) groups is 1. The largest absolute Gasteiger partial charge is 0.461 e. The Hall–Kier alpha value is -2.59. The van der Waals surface area contributed by atoms with Crippen molar-refractivity contribution in [1.82, 2.24) is 10.2 Å². The Labute approximate surface area is 147 Å². The van der Waals surface area contributed by atoms with E-state index < -0.39 is 0 Å². The summed E-state index contributed by atoms with van der Waals surface area (Å²) in [6.45, 7) is 5.45. The number of hydrogen-bond donors (Lipinski definition) is 1. The van der Waals surface area contributed by atoms with Crippen molar-refractivity contribution >= 4 is 16.9 Å². The van der Waals surface area contributed by atoms with E-state index in [2.05, 4.69) is 34.5 Å². The average molecular weight is 334 g/mol. The second kappa shape index (κ2) is 6.73. The Morgan fingerprint density at radius 1 is 1.16 bits per heavy atom. The lowest BCUT2D eigenvalue weighted by Crippen LogP contribution is -2.37. The zero-order chi connectivity index (χ0) is 17.2. The number of furan rings is 1. The van der Waals surface area contributed by atoms with E-state index in [1.165, 1.54) is 11.1 Å². The van der Waals surface area contributed by atoms with E-state index in [9.17, 15) is 4.79 Å². The van der Waals surface area contributed by atoms with Gasteiger partial charge in [-0.1, -0.05) is 24.3 Å². The van der Waals surface area contributed by atoms with Crippen molar-refractivity contribution in [3.8, 4) is 0 Å². The molecule has 0 fully saturated rings. The van der Waals surface area contributed by atoms with Crippen LogP contribution in [0.15, 0.2) is 52.9 Å². The smallest absolute Gasteiger partial charge is 0.251 e.